The summed E-state index contributed by atoms with van der Waals surface area (Å²) >= 11 is 0.920. The maximum atomic E-state index is 11.9. The summed E-state index contributed by atoms with van der Waals surface area (Å²) in [5.74, 6) is -1.08. The van der Waals surface area contributed by atoms with Gasteiger partial charge in [0.15, 0.2) is 0 Å². The number of amides is 2. The van der Waals surface area contributed by atoms with Crippen LogP contribution in [0.25, 0.3) is 0 Å². The van der Waals surface area contributed by atoms with Gasteiger partial charge in [-0.3, -0.25) is 10.1 Å². The number of aromatic nitrogens is 3. The molecular weight excluding hydrogens is 246 g/mol. The highest BCUT2D eigenvalue weighted by molar-refractivity contribution is 7.09. The smallest absolute Gasteiger partial charge is 0.324 e. The highest BCUT2D eigenvalue weighted by Gasteiger charge is 2.28. The van der Waals surface area contributed by atoms with E-state index < -0.39 is 17.5 Å². The summed E-state index contributed by atoms with van der Waals surface area (Å²) in [5.41, 5.74) is -0.611. The Bertz CT molecular complexity index is 400. The standard InChI is InChI=1S/C8H13N5O3S/c1-8(2,3)13(4-5(14)15)7(16)9-6-10-11-12-17-6/h4H2,1-3H3,(H,14,15)(H,9,10,12,16). The van der Waals surface area contributed by atoms with E-state index in [1.54, 1.807) is 20.8 Å². The van der Waals surface area contributed by atoms with Gasteiger partial charge in [-0.1, -0.05) is 9.59 Å². The molecule has 0 fully saturated rings. The third-order valence-corrected chi connectivity index (χ3v) is 2.37. The predicted octanol–water partition coefficient (Wildman–Crippen LogP) is 0.650. The molecule has 0 saturated heterocycles. The molecule has 0 aliphatic carbocycles. The molecule has 8 nitrogen and oxygen atoms in total. The predicted molar refractivity (Wildman–Crippen MR) is 60.8 cm³/mol. The van der Waals surface area contributed by atoms with Gasteiger partial charge < -0.3 is 10.0 Å². The number of rotatable bonds is 3. The first-order valence-corrected chi connectivity index (χ1v) is 5.53. The van der Waals surface area contributed by atoms with Crippen molar-refractivity contribution in [2.45, 2.75) is 26.3 Å². The number of carbonyl (C=O) groups excluding carboxylic acids is 1. The van der Waals surface area contributed by atoms with Gasteiger partial charge in [-0.25, -0.2) is 4.79 Å². The Labute approximate surface area is 102 Å². The highest BCUT2D eigenvalue weighted by Crippen LogP contribution is 2.15. The van der Waals surface area contributed by atoms with E-state index >= 15 is 0 Å². The van der Waals surface area contributed by atoms with Gasteiger partial charge in [0.25, 0.3) is 0 Å². The summed E-state index contributed by atoms with van der Waals surface area (Å²) < 4.78 is 3.49. The fourth-order valence-corrected chi connectivity index (χ4v) is 1.45. The molecule has 0 spiro atoms. The van der Waals surface area contributed by atoms with Crippen LogP contribution in [0.2, 0.25) is 0 Å². The Morgan fingerprint density at radius 3 is 2.53 bits per heavy atom. The van der Waals surface area contributed by atoms with Gasteiger partial charge in [0.05, 0.1) is 0 Å². The monoisotopic (exact) mass is 259 g/mol. The Morgan fingerprint density at radius 1 is 1.47 bits per heavy atom. The molecule has 2 N–H and O–H groups in total. The van der Waals surface area contributed by atoms with Gasteiger partial charge in [-0.05, 0) is 26.0 Å². The van der Waals surface area contributed by atoms with Crippen LogP contribution in [0.15, 0.2) is 0 Å². The van der Waals surface area contributed by atoms with E-state index in [1.807, 2.05) is 0 Å². The van der Waals surface area contributed by atoms with Crippen LogP contribution in [0.3, 0.4) is 0 Å². The largest absolute Gasteiger partial charge is 0.480 e. The molecule has 0 radical (unpaired) electrons. The van der Waals surface area contributed by atoms with Crippen molar-refractivity contribution >= 4 is 28.7 Å². The Balaban J connectivity index is 2.76. The molecule has 0 unspecified atom stereocenters. The first-order valence-electron chi connectivity index (χ1n) is 4.76. The van der Waals surface area contributed by atoms with Gasteiger partial charge in [-0.2, -0.15) is 0 Å². The quantitative estimate of drug-likeness (QED) is 0.825. The van der Waals surface area contributed by atoms with E-state index in [1.165, 1.54) is 4.90 Å². The van der Waals surface area contributed by atoms with Gasteiger partial charge >= 0.3 is 12.0 Å². The number of carboxylic acids is 1. The third-order valence-electron chi connectivity index (χ3n) is 1.86. The van der Waals surface area contributed by atoms with E-state index in [0.717, 1.165) is 11.5 Å². The Morgan fingerprint density at radius 2 is 2.12 bits per heavy atom. The van der Waals surface area contributed by atoms with Crippen molar-refractivity contribution in [2.24, 2.45) is 0 Å². The Kier molecular flexibility index (Phi) is 3.94. The molecular formula is C8H13N5O3S. The molecule has 94 valence electrons. The number of nitrogens with zero attached hydrogens (tertiary/aromatic N) is 4. The SMILES string of the molecule is CC(C)(C)N(CC(=O)O)C(=O)Nc1nnns1. The lowest BCUT2D eigenvalue weighted by Crippen LogP contribution is -2.50. The van der Waals surface area contributed by atoms with Crippen LogP contribution < -0.4 is 5.32 Å². The zero-order valence-electron chi connectivity index (χ0n) is 9.67. The summed E-state index contributed by atoms with van der Waals surface area (Å²) in [6, 6.07) is -0.543. The summed E-state index contributed by atoms with van der Waals surface area (Å²) in [7, 11) is 0. The number of urea groups is 1. The molecule has 0 atom stereocenters. The molecule has 1 aromatic rings. The minimum absolute atomic E-state index is 0.231. The average Bonchev–Trinajstić information content (AvgIpc) is 2.64. The second-order valence-electron chi connectivity index (χ2n) is 4.25. The van der Waals surface area contributed by atoms with Crippen LogP contribution in [-0.2, 0) is 4.79 Å². The fraction of sp³-hybridized carbons (Fsp3) is 0.625. The zero-order chi connectivity index (χ0) is 13.1. The summed E-state index contributed by atoms with van der Waals surface area (Å²) in [6.07, 6.45) is 0. The number of aliphatic carboxylic acids is 1. The van der Waals surface area contributed by atoms with Gasteiger partial charge in [0, 0.05) is 17.1 Å². The molecule has 2 amide bonds. The normalized spacial score (nSPS) is 11.0. The van der Waals surface area contributed by atoms with Crippen molar-refractivity contribution in [2.75, 3.05) is 11.9 Å². The molecule has 0 aliphatic heterocycles. The number of nitrogens with one attached hydrogen (secondary N) is 1. The average molecular weight is 259 g/mol. The van der Waals surface area contributed by atoms with Crippen LogP contribution in [-0.4, -0.2) is 48.9 Å². The van der Waals surface area contributed by atoms with Crippen LogP contribution in [0.4, 0.5) is 9.93 Å². The lowest BCUT2D eigenvalue weighted by Gasteiger charge is -2.33. The first-order chi connectivity index (χ1) is 7.80. The molecule has 0 aliphatic rings. The number of carbonyl (C=O) groups is 2. The van der Waals surface area contributed by atoms with Crippen LogP contribution in [0, 0.1) is 0 Å². The van der Waals surface area contributed by atoms with E-state index in [9.17, 15) is 9.59 Å². The van der Waals surface area contributed by atoms with Crippen molar-refractivity contribution in [3.8, 4) is 0 Å². The molecule has 0 bridgehead atoms. The number of hydrogen-bond donors (Lipinski definition) is 2. The van der Waals surface area contributed by atoms with Crippen molar-refractivity contribution in [3.05, 3.63) is 0 Å². The maximum Gasteiger partial charge on any atom is 0.324 e. The second-order valence-corrected chi connectivity index (χ2v) is 4.98. The second kappa shape index (κ2) is 5.04. The number of anilines is 1. The van der Waals surface area contributed by atoms with Crippen molar-refractivity contribution in [3.63, 3.8) is 0 Å². The van der Waals surface area contributed by atoms with E-state index in [0.29, 0.717) is 0 Å². The topological polar surface area (TPSA) is 108 Å². The molecule has 1 aromatic heterocycles. The molecule has 0 saturated carbocycles. The van der Waals surface area contributed by atoms with Crippen LogP contribution in [0.1, 0.15) is 20.8 Å². The lowest BCUT2D eigenvalue weighted by atomic mass is 10.1. The number of hydrogen-bond acceptors (Lipinski definition) is 6. The molecule has 1 rings (SSSR count). The minimum Gasteiger partial charge on any atom is -0.480 e. The molecule has 0 aromatic carbocycles. The highest BCUT2D eigenvalue weighted by atomic mass is 32.1. The van der Waals surface area contributed by atoms with Crippen molar-refractivity contribution in [1.82, 2.24) is 19.7 Å². The van der Waals surface area contributed by atoms with E-state index in [4.69, 9.17) is 5.11 Å². The molecule has 17 heavy (non-hydrogen) atoms. The van der Waals surface area contributed by atoms with Crippen LogP contribution >= 0.6 is 11.5 Å². The fourth-order valence-electron chi connectivity index (χ4n) is 1.09. The molecule has 9 heteroatoms. The van der Waals surface area contributed by atoms with Crippen molar-refractivity contribution < 1.29 is 14.7 Å². The van der Waals surface area contributed by atoms with E-state index in [2.05, 4.69) is 20.1 Å². The zero-order valence-corrected chi connectivity index (χ0v) is 10.5. The van der Waals surface area contributed by atoms with E-state index in [-0.39, 0.29) is 11.7 Å². The maximum absolute atomic E-state index is 11.9. The van der Waals surface area contributed by atoms with Gasteiger partial charge in [0.2, 0.25) is 5.13 Å². The lowest BCUT2D eigenvalue weighted by molar-refractivity contribution is -0.138. The summed E-state index contributed by atoms with van der Waals surface area (Å²) in [5, 5.41) is 18.3. The van der Waals surface area contributed by atoms with Crippen LogP contribution in [0.5, 0.6) is 0 Å². The minimum atomic E-state index is -1.08. The third kappa shape index (κ3) is 3.94. The molecule has 1 heterocycles. The number of carboxylic acid groups (broad SMARTS) is 1. The Hall–Kier alpha value is -1.77. The van der Waals surface area contributed by atoms with Crippen molar-refractivity contribution in [1.29, 1.82) is 0 Å². The van der Waals surface area contributed by atoms with Gasteiger partial charge in [0.1, 0.15) is 6.54 Å². The summed E-state index contributed by atoms with van der Waals surface area (Å²) in [4.78, 5) is 23.8. The van der Waals surface area contributed by atoms with Gasteiger partial charge in [-0.15, -0.1) is 0 Å². The first kappa shape index (κ1) is 13.3. The summed E-state index contributed by atoms with van der Waals surface area (Å²) in [6.45, 7) is 4.84.